The number of carbonyl (C=O) groups is 1. The van der Waals surface area contributed by atoms with Gasteiger partial charge < -0.3 is 0 Å². The van der Waals surface area contributed by atoms with Gasteiger partial charge in [-0.15, -0.1) is 0 Å². The van der Waals surface area contributed by atoms with Crippen LogP contribution >= 0.6 is 0 Å². The third-order valence-electron chi connectivity index (χ3n) is 2.50. The Hall–Kier alpha value is -2.13. The van der Waals surface area contributed by atoms with E-state index in [4.69, 9.17) is 0 Å². The summed E-state index contributed by atoms with van der Waals surface area (Å²) in [7, 11) is 1.67. The number of hydrogen-bond acceptors (Lipinski definition) is 2. The molecule has 0 heterocycles. The minimum absolute atomic E-state index is 0.132. The zero-order chi connectivity index (χ0) is 12.1. The van der Waals surface area contributed by atoms with Crippen molar-refractivity contribution in [3.8, 4) is 11.1 Å². The average molecular weight is 226 g/mol. The van der Waals surface area contributed by atoms with Crippen molar-refractivity contribution in [2.45, 2.75) is 0 Å². The van der Waals surface area contributed by atoms with Crippen LogP contribution in [0.3, 0.4) is 0 Å². The molecule has 86 valence electrons. The van der Waals surface area contributed by atoms with Crippen LogP contribution in [0.25, 0.3) is 11.1 Å². The van der Waals surface area contributed by atoms with Gasteiger partial charge in [0.25, 0.3) is 5.91 Å². The Morgan fingerprint density at radius 2 is 1.59 bits per heavy atom. The Bertz CT molecular complexity index is 509. The third-order valence-corrected chi connectivity index (χ3v) is 2.50. The molecular formula is C14H14N2O. The third kappa shape index (κ3) is 2.52. The molecule has 0 aliphatic heterocycles. The molecule has 0 radical (unpaired) electrons. The van der Waals surface area contributed by atoms with Gasteiger partial charge in [-0.25, -0.2) is 5.43 Å². The summed E-state index contributed by atoms with van der Waals surface area (Å²) >= 11 is 0. The summed E-state index contributed by atoms with van der Waals surface area (Å²) in [4.78, 5) is 11.9. The molecule has 0 atom stereocenters. The molecular weight excluding hydrogens is 212 g/mol. The molecule has 0 saturated carbocycles. The number of hydrogen-bond donors (Lipinski definition) is 2. The lowest BCUT2D eigenvalue weighted by Gasteiger charge is -2.09. The van der Waals surface area contributed by atoms with Crippen molar-refractivity contribution >= 4 is 5.91 Å². The molecule has 0 aliphatic carbocycles. The summed E-state index contributed by atoms with van der Waals surface area (Å²) in [5, 5.41) is 0. The second-order valence-electron chi connectivity index (χ2n) is 3.62. The molecule has 3 heteroatoms. The number of carbonyl (C=O) groups excluding carboxylic acids is 1. The summed E-state index contributed by atoms with van der Waals surface area (Å²) in [6, 6.07) is 17.4. The summed E-state index contributed by atoms with van der Waals surface area (Å²) in [5.41, 5.74) is 7.86. The van der Waals surface area contributed by atoms with Gasteiger partial charge in [-0.1, -0.05) is 48.5 Å². The highest BCUT2D eigenvalue weighted by molar-refractivity contribution is 6.00. The molecule has 17 heavy (non-hydrogen) atoms. The second-order valence-corrected chi connectivity index (χ2v) is 3.62. The van der Waals surface area contributed by atoms with Gasteiger partial charge >= 0.3 is 0 Å². The SMILES string of the molecule is CNNC(=O)c1ccccc1-c1ccccc1. The van der Waals surface area contributed by atoms with Crippen LogP contribution in [0, 0.1) is 0 Å². The predicted octanol–water partition coefficient (Wildman–Crippen LogP) is 2.22. The van der Waals surface area contributed by atoms with Crippen molar-refractivity contribution in [2.75, 3.05) is 7.05 Å². The van der Waals surface area contributed by atoms with Gasteiger partial charge in [-0.05, 0) is 17.2 Å². The maximum absolute atomic E-state index is 11.9. The summed E-state index contributed by atoms with van der Waals surface area (Å²) in [6.45, 7) is 0. The molecule has 2 aromatic rings. The van der Waals surface area contributed by atoms with Crippen molar-refractivity contribution in [2.24, 2.45) is 0 Å². The molecule has 0 saturated heterocycles. The zero-order valence-corrected chi connectivity index (χ0v) is 9.60. The lowest BCUT2D eigenvalue weighted by molar-refractivity contribution is 0.0938. The fourth-order valence-corrected chi connectivity index (χ4v) is 1.73. The van der Waals surface area contributed by atoms with Gasteiger partial charge in [0.1, 0.15) is 0 Å². The van der Waals surface area contributed by atoms with Gasteiger partial charge in [-0.2, -0.15) is 0 Å². The zero-order valence-electron chi connectivity index (χ0n) is 9.60. The molecule has 3 nitrogen and oxygen atoms in total. The maximum atomic E-state index is 11.9. The number of amides is 1. The molecule has 0 unspecified atom stereocenters. The minimum atomic E-state index is -0.132. The highest BCUT2D eigenvalue weighted by Gasteiger charge is 2.10. The lowest BCUT2D eigenvalue weighted by atomic mass is 9.99. The Morgan fingerprint density at radius 3 is 2.29 bits per heavy atom. The smallest absolute Gasteiger partial charge is 0.265 e. The van der Waals surface area contributed by atoms with Crippen LogP contribution in [0.4, 0.5) is 0 Å². The monoisotopic (exact) mass is 226 g/mol. The molecule has 0 aromatic heterocycles. The largest absolute Gasteiger partial charge is 0.288 e. The molecule has 2 N–H and O–H groups in total. The first-order valence-electron chi connectivity index (χ1n) is 5.44. The van der Waals surface area contributed by atoms with E-state index < -0.39 is 0 Å². The van der Waals surface area contributed by atoms with E-state index in [2.05, 4.69) is 10.9 Å². The van der Waals surface area contributed by atoms with Crippen LogP contribution in [-0.2, 0) is 0 Å². The maximum Gasteiger partial charge on any atom is 0.265 e. The van der Waals surface area contributed by atoms with Crippen LogP contribution in [-0.4, -0.2) is 13.0 Å². The minimum Gasteiger partial charge on any atom is -0.288 e. The summed E-state index contributed by atoms with van der Waals surface area (Å²) in [6.07, 6.45) is 0. The van der Waals surface area contributed by atoms with Crippen LogP contribution in [0.1, 0.15) is 10.4 Å². The van der Waals surface area contributed by atoms with Crippen LogP contribution in [0.5, 0.6) is 0 Å². The highest BCUT2D eigenvalue weighted by atomic mass is 16.2. The molecule has 0 spiro atoms. The van der Waals surface area contributed by atoms with E-state index in [1.165, 1.54) is 0 Å². The molecule has 0 fully saturated rings. The Kier molecular flexibility index (Phi) is 3.52. The van der Waals surface area contributed by atoms with E-state index in [0.29, 0.717) is 5.56 Å². The Morgan fingerprint density at radius 1 is 0.941 bits per heavy atom. The van der Waals surface area contributed by atoms with E-state index in [-0.39, 0.29) is 5.91 Å². The fourth-order valence-electron chi connectivity index (χ4n) is 1.73. The Balaban J connectivity index is 2.45. The summed E-state index contributed by atoms with van der Waals surface area (Å²) < 4.78 is 0. The van der Waals surface area contributed by atoms with Crippen LogP contribution in [0.2, 0.25) is 0 Å². The van der Waals surface area contributed by atoms with Gasteiger partial charge in [0.2, 0.25) is 0 Å². The normalized spacial score (nSPS) is 9.94. The first kappa shape index (κ1) is 11.4. The molecule has 2 aromatic carbocycles. The van der Waals surface area contributed by atoms with Gasteiger partial charge in [0.15, 0.2) is 0 Å². The van der Waals surface area contributed by atoms with Crippen LogP contribution in [0.15, 0.2) is 54.6 Å². The first-order valence-corrected chi connectivity index (χ1v) is 5.44. The second kappa shape index (κ2) is 5.27. The quantitative estimate of drug-likeness (QED) is 0.788. The predicted molar refractivity (Wildman–Crippen MR) is 68.4 cm³/mol. The molecule has 0 aliphatic rings. The topological polar surface area (TPSA) is 41.1 Å². The molecule has 0 bridgehead atoms. The van der Waals surface area contributed by atoms with E-state index >= 15 is 0 Å². The standard InChI is InChI=1S/C14H14N2O/c1-15-16-14(17)13-10-6-5-9-12(13)11-7-3-2-4-8-11/h2-10,15H,1H3,(H,16,17). The van der Waals surface area contributed by atoms with Crippen LogP contribution < -0.4 is 10.9 Å². The van der Waals surface area contributed by atoms with E-state index in [1.807, 2.05) is 54.6 Å². The highest BCUT2D eigenvalue weighted by Crippen LogP contribution is 2.22. The lowest BCUT2D eigenvalue weighted by Crippen LogP contribution is -2.34. The fraction of sp³-hybridized carbons (Fsp3) is 0.0714. The number of hydrazine groups is 1. The average Bonchev–Trinajstić information content (AvgIpc) is 2.40. The van der Waals surface area contributed by atoms with E-state index in [0.717, 1.165) is 11.1 Å². The molecule has 1 amide bonds. The van der Waals surface area contributed by atoms with Crippen molar-refractivity contribution in [1.82, 2.24) is 10.9 Å². The van der Waals surface area contributed by atoms with E-state index in [1.54, 1.807) is 7.05 Å². The summed E-state index contributed by atoms with van der Waals surface area (Å²) in [5.74, 6) is -0.132. The van der Waals surface area contributed by atoms with Crippen molar-refractivity contribution in [1.29, 1.82) is 0 Å². The van der Waals surface area contributed by atoms with Crippen molar-refractivity contribution in [3.63, 3.8) is 0 Å². The number of benzene rings is 2. The van der Waals surface area contributed by atoms with Gasteiger partial charge in [0, 0.05) is 12.6 Å². The van der Waals surface area contributed by atoms with E-state index in [9.17, 15) is 4.79 Å². The Labute approximate surface area is 100 Å². The van der Waals surface area contributed by atoms with Gasteiger partial charge in [0.05, 0.1) is 0 Å². The van der Waals surface area contributed by atoms with Crippen molar-refractivity contribution in [3.05, 3.63) is 60.2 Å². The van der Waals surface area contributed by atoms with Gasteiger partial charge in [-0.3, -0.25) is 10.2 Å². The number of nitrogens with one attached hydrogen (secondary N) is 2. The molecule has 2 rings (SSSR count). The first-order chi connectivity index (χ1) is 8.33. The number of rotatable bonds is 3. The van der Waals surface area contributed by atoms with Crippen molar-refractivity contribution < 1.29 is 4.79 Å².